The van der Waals surface area contributed by atoms with Crippen molar-refractivity contribution in [1.29, 1.82) is 0 Å². The van der Waals surface area contributed by atoms with Gasteiger partial charge in [0.15, 0.2) is 5.57 Å². The number of nitrogens with zero attached hydrogens (tertiary/aromatic N) is 4. The third kappa shape index (κ3) is 4.79. The molecule has 2 atom stereocenters. The monoisotopic (exact) mass is 443 g/mol. The number of nitrogens with one attached hydrogen (secondary N) is 3. The van der Waals surface area contributed by atoms with E-state index >= 15 is 0 Å². The van der Waals surface area contributed by atoms with Gasteiger partial charge >= 0.3 is 0 Å². The molecule has 0 radical (unpaired) electrons. The van der Waals surface area contributed by atoms with Crippen LogP contribution in [0.25, 0.3) is 0 Å². The van der Waals surface area contributed by atoms with Gasteiger partial charge in [0.05, 0.1) is 24.3 Å². The Morgan fingerprint density at radius 3 is 2.62 bits per heavy atom. The molecule has 2 unspecified atom stereocenters. The number of aliphatic hydroxyl groups is 1. The van der Waals surface area contributed by atoms with Crippen molar-refractivity contribution in [1.82, 2.24) is 30.6 Å². The van der Waals surface area contributed by atoms with Gasteiger partial charge in [0.1, 0.15) is 12.0 Å². The van der Waals surface area contributed by atoms with E-state index in [0.717, 1.165) is 31.4 Å². The molecule has 1 aromatic heterocycles. The van der Waals surface area contributed by atoms with Crippen LogP contribution in [0.4, 0.5) is 5.82 Å². The van der Waals surface area contributed by atoms with E-state index in [1.165, 1.54) is 5.01 Å². The molecule has 3 aliphatic rings. The van der Waals surface area contributed by atoms with Gasteiger partial charge in [-0.2, -0.15) is 0 Å². The van der Waals surface area contributed by atoms with Crippen LogP contribution < -0.4 is 16.1 Å². The standard InChI is InChI=1S/C22H33N7O3/c1-5-6-14-10-24-16(11-23-14)26-15-9-17-28(12-22(2,3)4)20(31)18(21(32)29(17)27-15)19(30)25-13-7-8-13/h10-11,13,15,17,27,31H,5-9,12H2,1-4H3,(H,24,26)(H,25,30). The van der Waals surface area contributed by atoms with Crippen molar-refractivity contribution in [2.45, 2.75) is 78.2 Å². The molecule has 10 heteroatoms. The van der Waals surface area contributed by atoms with Gasteiger partial charge in [0.2, 0.25) is 5.88 Å². The van der Waals surface area contributed by atoms with Crippen LogP contribution in [0, 0.1) is 5.41 Å². The summed E-state index contributed by atoms with van der Waals surface area (Å²) in [7, 11) is 0. The highest BCUT2D eigenvalue weighted by molar-refractivity contribution is 6.19. The van der Waals surface area contributed by atoms with Crippen molar-refractivity contribution >= 4 is 17.6 Å². The Morgan fingerprint density at radius 2 is 2.03 bits per heavy atom. The molecule has 0 aromatic carbocycles. The Bertz CT molecular complexity index is 905. The maximum atomic E-state index is 13.2. The Labute approximate surface area is 188 Å². The maximum Gasteiger partial charge on any atom is 0.281 e. The minimum Gasteiger partial charge on any atom is -0.494 e. The Balaban J connectivity index is 1.54. The lowest BCUT2D eigenvalue weighted by Crippen LogP contribution is -2.58. The van der Waals surface area contributed by atoms with E-state index < -0.39 is 18.0 Å². The number of hydrogen-bond acceptors (Lipinski definition) is 8. The smallest absolute Gasteiger partial charge is 0.281 e. The maximum absolute atomic E-state index is 13.2. The van der Waals surface area contributed by atoms with Crippen molar-refractivity contribution in [3.8, 4) is 0 Å². The molecule has 1 aliphatic carbocycles. The van der Waals surface area contributed by atoms with E-state index in [1.807, 2.05) is 0 Å². The molecule has 2 fully saturated rings. The summed E-state index contributed by atoms with van der Waals surface area (Å²) in [5.74, 6) is -0.705. The number of aromatic nitrogens is 2. The molecule has 10 nitrogen and oxygen atoms in total. The minimum atomic E-state index is -0.525. The summed E-state index contributed by atoms with van der Waals surface area (Å²) >= 11 is 0. The van der Waals surface area contributed by atoms with Gasteiger partial charge in [-0.3, -0.25) is 14.6 Å². The van der Waals surface area contributed by atoms with E-state index in [0.29, 0.717) is 18.8 Å². The van der Waals surface area contributed by atoms with Gasteiger partial charge in [-0.1, -0.05) is 34.1 Å². The van der Waals surface area contributed by atoms with E-state index in [1.54, 1.807) is 17.3 Å². The second-order valence-corrected chi connectivity index (χ2v) is 10.00. The lowest BCUT2D eigenvalue weighted by Gasteiger charge is -2.42. The first-order chi connectivity index (χ1) is 15.2. The van der Waals surface area contributed by atoms with Crippen molar-refractivity contribution in [2.75, 3.05) is 11.9 Å². The summed E-state index contributed by atoms with van der Waals surface area (Å²) in [6.45, 7) is 8.73. The van der Waals surface area contributed by atoms with E-state index in [-0.39, 0.29) is 29.1 Å². The normalized spacial score (nSPS) is 23.4. The summed E-state index contributed by atoms with van der Waals surface area (Å²) in [6.07, 6.45) is 6.87. The van der Waals surface area contributed by atoms with E-state index in [2.05, 4.69) is 53.7 Å². The number of aryl methyl sites for hydroxylation is 1. The molecule has 2 aliphatic heterocycles. The quantitative estimate of drug-likeness (QED) is 0.469. The molecule has 174 valence electrons. The summed E-state index contributed by atoms with van der Waals surface area (Å²) in [4.78, 5) is 36.5. The Morgan fingerprint density at radius 1 is 1.28 bits per heavy atom. The SMILES string of the molecule is CCCc1cnc(NC2CC3N(CC(C)(C)C)C(O)=C(C(=O)NC4CC4)C(=O)N3N2)cn1. The summed E-state index contributed by atoms with van der Waals surface area (Å²) in [5.41, 5.74) is 3.72. The molecule has 0 bridgehead atoms. The van der Waals surface area contributed by atoms with Crippen LogP contribution in [0.15, 0.2) is 23.8 Å². The molecule has 1 saturated heterocycles. The van der Waals surface area contributed by atoms with Crippen LogP contribution in [0.1, 0.15) is 59.1 Å². The van der Waals surface area contributed by atoms with Gasteiger partial charge < -0.3 is 20.6 Å². The summed E-state index contributed by atoms with van der Waals surface area (Å²) in [5, 5.41) is 18.5. The zero-order valence-electron chi connectivity index (χ0n) is 19.2. The number of carbonyl (C=O) groups excluding carboxylic acids is 2. The number of carbonyl (C=O) groups is 2. The zero-order chi connectivity index (χ0) is 23.0. The van der Waals surface area contributed by atoms with Crippen LogP contribution in [0.2, 0.25) is 0 Å². The van der Waals surface area contributed by atoms with E-state index in [4.69, 9.17) is 0 Å². The molecular weight excluding hydrogens is 410 g/mol. The number of hydrogen-bond donors (Lipinski definition) is 4. The number of rotatable bonds is 7. The average molecular weight is 444 g/mol. The lowest BCUT2D eigenvalue weighted by atomic mass is 9.95. The number of aliphatic hydroxyl groups excluding tert-OH is 1. The highest BCUT2D eigenvalue weighted by atomic mass is 16.3. The second kappa shape index (κ2) is 8.57. The minimum absolute atomic E-state index is 0.0830. The largest absolute Gasteiger partial charge is 0.494 e. The fourth-order valence-electron chi connectivity index (χ4n) is 4.04. The van der Waals surface area contributed by atoms with Crippen LogP contribution in [-0.2, 0) is 16.0 Å². The van der Waals surface area contributed by atoms with Gasteiger partial charge in [-0.05, 0) is 24.7 Å². The molecule has 3 heterocycles. The van der Waals surface area contributed by atoms with Crippen LogP contribution >= 0.6 is 0 Å². The molecule has 4 rings (SSSR count). The molecule has 1 saturated carbocycles. The Hall–Kier alpha value is -2.88. The van der Waals surface area contributed by atoms with Gasteiger partial charge in [0, 0.05) is 19.0 Å². The first-order valence-corrected chi connectivity index (χ1v) is 11.3. The zero-order valence-corrected chi connectivity index (χ0v) is 19.2. The summed E-state index contributed by atoms with van der Waals surface area (Å²) in [6, 6.07) is 0.0830. The number of anilines is 1. The van der Waals surface area contributed by atoms with Crippen molar-refractivity contribution in [2.24, 2.45) is 5.41 Å². The first-order valence-electron chi connectivity index (χ1n) is 11.3. The highest BCUT2D eigenvalue weighted by Gasteiger charge is 2.49. The fraction of sp³-hybridized carbons (Fsp3) is 0.636. The number of hydrazine groups is 1. The first kappa shape index (κ1) is 22.3. The van der Waals surface area contributed by atoms with E-state index in [9.17, 15) is 14.7 Å². The highest BCUT2D eigenvalue weighted by Crippen LogP contribution is 2.33. The fourth-order valence-corrected chi connectivity index (χ4v) is 4.04. The van der Waals surface area contributed by atoms with Crippen molar-refractivity contribution < 1.29 is 14.7 Å². The molecular formula is C22H33N7O3. The number of fused-ring (bicyclic) bond motifs is 1. The topological polar surface area (TPSA) is 123 Å². The summed E-state index contributed by atoms with van der Waals surface area (Å²) < 4.78 is 0. The predicted octanol–water partition coefficient (Wildman–Crippen LogP) is 1.64. The Kier molecular flexibility index (Phi) is 5.98. The molecule has 32 heavy (non-hydrogen) atoms. The third-order valence-electron chi connectivity index (χ3n) is 5.65. The second-order valence-electron chi connectivity index (χ2n) is 10.00. The molecule has 1 aromatic rings. The van der Waals surface area contributed by atoms with Crippen LogP contribution in [-0.4, -0.2) is 61.7 Å². The van der Waals surface area contributed by atoms with Crippen LogP contribution in [0.5, 0.6) is 0 Å². The lowest BCUT2D eigenvalue weighted by molar-refractivity contribution is -0.142. The third-order valence-corrected chi connectivity index (χ3v) is 5.65. The van der Waals surface area contributed by atoms with Gasteiger partial charge in [0.25, 0.3) is 11.8 Å². The van der Waals surface area contributed by atoms with Gasteiger partial charge in [-0.15, -0.1) is 0 Å². The van der Waals surface area contributed by atoms with Crippen molar-refractivity contribution in [3.63, 3.8) is 0 Å². The van der Waals surface area contributed by atoms with Gasteiger partial charge in [-0.25, -0.2) is 15.4 Å². The molecule has 0 spiro atoms. The molecule has 2 amide bonds. The molecule has 4 N–H and O–H groups in total. The predicted molar refractivity (Wildman–Crippen MR) is 119 cm³/mol. The average Bonchev–Trinajstić information content (AvgIpc) is 3.42. The van der Waals surface area contributed by atoms with Crippen LogP contribution in [0.3, 0.4) is 0 Å². The number of amides is 2. The van der Waals surface area contributed by atoms with Crippen molar-refractivity contribution in [3.05, 3.63) is 29.5 Å².